The fourth-order valence-electron chi connectivity index (χ4n) is 2.22. The maximum Gasteiger partial charge on any atom is 0.284 e. The molecule has 3 N–H and O–H groups in total. The van der Waals surface area contributed by atoms with Gasteiger partial charge in [-0.25, -0.2) is 18.1 Å². The molecule has 0 saturated carbocycles. The van der Waals surface area contributed by atoms with E-state index in [0.717, 1.165) is 17.8 Å². The van der Waals surface area contributed by atoms with Crippen LogP contribution >= 0.6 is 23.1 Å². The van der Waals surface area contributed by atoms with E-state index >= 15 is 0 Å². The van der Waals surface area contributed by atoms with Crippen LogP contribution in [0.5, 0.6) is 0 Å². The van der Waals surface area contributed by atoms with E-state index < -0.39 is 26.4 Å². The van der Waals surface area contributed by atoms with E-state index in [-0.39, 0.29) is 21.9 Å². The summed E-state index contributed by atoms with van der Waals surface area (Å²) < 4.78 is 27.9. The van der Waals surface area contributed by atoms with Gasteiger partial charge in [0.05, 0.1) is 26.8 Å². The van der Waals surface area contributed by atoms with Crippen molar-refractivity contribution in [3.8, 4) is 0 Å². The zero-order valence-electron chi connectivity index (χ0n) is 15.7. The Kier molecular flexibility index (Phi) is 6.48. The van der Waals surface area contributed by atoms with Crippen LogP contribution in [0.1, 0.15) is 31.3 Å². The molecule has 0 saturated heterocycles. The molecule has 28 heavy (non-hydrogen) atoms. The third-order valence-corrected chi connectivity index (χ3v) is 7.32. The second kappa shape index (κ2) is 8.15. The number of hydrogen-bond donors (Lipinski definition) is 2. The molecule has 0 aliphatic heterocycles. The number of nitrogens with one attached hydrogen (secondary N) is 1. The molecular formula is C16H20N4O5S3. The van der Waals surface area contributed by atoms with Crippen LogP contribution in [0.4, 0.5) is 5.69 Å². The first-order valence-electron chi connectivity index (χ1n) is 8.03. The molecule has 0 aliphatic carbocycles. The van der Waals surface area contributed by atoms with E-state index in [9.17, 15) is 23.3 Å². The summed E-state index contributed by atoms with van der Waals surface area (Å²) in [4.78, 5) is 27.0. The summed E-state index contributed by atoms with van der Waals surface area (Å²) in [6.07, 6.45) is 0.0435. The summed E-state index contributed by atoms with van der Waals surface area (Å²) >= 11 is 2.25. The number of rotatable bonds is 7. The molecule has 0 spiro atoms. The predicted octanol–water partition coefficient (Wildman–Crippen LogP) is 2.62. The number of carbonyl (C=O) groups is 1. The van der Waals surface area contributed by atoms with Crippen molar-refractivity contribution < 1.29 is 18.1 Å². The molecule has 1 heterocycles. The second-order valence-corrected chi connectivity index (χ2v) is 11.0. The third kappa shape index (κ3) is 5.74. The number of primary amides is 1. The predicted molar refractivity (Wildman–Crippen MR) is 107 cm³/mol. The molecule has 1 amide bonds. The fraction of sp³-hybridized carbons (Fsp3) is 0.375. The molecule has 0 radical (unpaired) electrons. The number of benzene rings is 1. The van der Waals surface area contributed by atoms with Gasteiger partial charge in [-0.15, -0.1) is 11.3 Å². The first-order chi connectivity index (χ1) is 12.8. The highest BCUT2D eigenvalue weighted by Gasteiger charge is 2.26. The van der Waals surface area contributed by atoms with E-state index in [1.807, 2.05) is 0 Å². The molecule has 0 bridgehead atoms. The molecule has 1 aromatic heterocycles. The monoisotopic (exact) mass is 444 g/mol. The number of nitrogens with zero attached hydrogens (tertiary/aromatic N) is 2. The van der Waals surface area contributed by atoms with E-state index in [0.29, 0.717) is 14.9 Å². The van der Waals surface area contributed by atoms with Crippen molar-refractivity contribution in [1.29, 1.82) is 0 Å². The molecular weight excluding hydrogens is 424 g/mol. The van der Waals surface area contributed by atoms with Gasteiger partial charge in [-0.05, 0) is 39.8 Å². The van der Waals surface area contributed by atoms with Gasteiger partial charge in [0.2, 0.25) is 15.9 Å². The highest BCUT2D eigenvalue weighted by molar-refractivity contribution is 8.01. The molecule has 2 aromatic rings. The number of nitro benzene ring substituents is 1. The van der Waals surface area contributed by atoms with Gasteiger partial charge in [-0.3, -0.25) is 14.9 Å². The molecule has 0 unspecified atom stereocenters. The lowest BCUT2D eigenvalue weighted by Gasteiger charge is -2.20. The molecule has 152 valence electrons. The lowest BCUT2D eigenvalue weighted by atomic mass is 10.1. The average Bonchev–Trinajstić information content (AvgIpc) is 2.83. The Labute approximate surface area is 170 Å². The lowest BCUT2D eigenvalue weighted by molar-refractivity contribution is -0.388. The number of thiazole rings is 1. The molecule has 9 nitrogen and oxygen atoms in total. The number of nitro groups is 1. The highest BCUT2D eigenvalue weighted by Crippen LogP contribution is 2.39. The summed E-state index contributed by atoms with van der Waals surface area (Å²) in [6.45, 7) is 6.76. The van der Waals surface area contributed by atoms with Gasteiger partial charge in [-0.1, -0.05) is 11.8 Å². The summed E-state index contributed by atoms with van der Waals surface area (Å²) in [6, 6.07) is 3.72. The van der Waals surface area contributed by atoms with Gasteiger partial charge in [0, 0.05) is 16.5 Å². The smallest absolute Gasteiger partial charge is 0.284 e. The zero-order valence-corrected chi connectivity index (χ0v) is 18.1. The Bertz CT molecular complexity index is 1030. The zero-order chi connectivity index (χ0) is 21.3. The van der Waals surface area contributed by atoms with Crippen LogP contribution < -0.4 is 10.5 Å². The molecule has 1 aromatic carbocycles. The lowest BCUT2D eigenvalue weighted by Crippen LogP contribution is -2.40. The van der Waals surface area contributed by atoms with Gasteiger partial charge in [0.25, 0.3) is 5.69 Å². The standard InChI is InChI=1S/C16H20N4O5S3/c1-9-13(8-14(17)21)27-15(18-9)26-12-6-5-10(7-11(12)20(22)23)28(24,25)19-16(2,3)4/h5-7,19H,8H2,1-4H3,(H2,17,21). The molecule has 12 heteroatoms. The van der Waals surface area contributed by atoms with Gasteiger partial charge in [0.1, 0.15) is 0 Å². The van der Waals surface area contributed by atoms with Gasteiger partial charge >= 0.3 is 0 Å². The normalized spacial score (nSPS) is 12.1. The maximum absolute atomic E-state index is 12.4. The quantitative estimate of drug-likeness (QED) is 0.493. The second-order valence-electron chi connectivity index (χ2n) is 6.98. The minimum absolute atomic E-state index is 0.0435. The van der Waals surface area contributed by atoms with Crippen LogP contribution in [0.2, 0.25) is 0 Å². The molecule has 0 fully saturated rings. The largest absolute Gasteiger partial charge is 0.369 e. The SMILES string of the molecule is Cc1nc(Sc2ccc(S(=O)(=O)NC(C)(C)C)cc2[N+](=O)[O-])sc1CC(N)=O. The van der Waals surface area contributed by atoms with Crippen molar-refractivity contribution in [1.82, 2.24) is 9.71 Å². The minimum Gasteiger partial charge on any atom is -0.369 e. The minimum atomic E-state index is -3.91. The van der Waals surface area contributed by atoms with Gasteiger partial charge in [0.15, 0.2) is 4.34 Å². The maximum atomic E-state index is 12.4. The van der Waals surface area contributed by atoms with Crippen molar-refractivity contribution >= 4 is 44.7 Å². The van der Waals surface area contributed by atoms with E-state index in [1.54, 1.807) is 27.7 Å². The molecule has 0 aliphatic rings. The van der Waals surface area contributed by atoms with E-state index in [4.69, 9.17) is 5.73 Å². The van der Waals surface area contributed by atoms with Crippen molar-refractivity contribution in [2.24, 2.45) is 5.73 Å². The Morgan fingerprint density at radius 2 is 2.04 bits per heavy atom. The van der Waals surface area contributed by atoms with E-state index in [2.05, 4.69) is 9.71 Å². The van der Waals surface area contributed by atoms with Crippen LogP contribution in [0, 0.1) is 17.0 Å². The van der Waals surface area contributed by atoms with Crippen molar-refractivity contribution in [2.45, 2.75) is 53.8 Å². The van der Waals surface area contributed by atoms with Crippen molar-refractivity contribution in [3.05, 3.63) is 38.9 Å². The summed E-state index contributed by atoms with van der Waals surface area (Å²) in [5.41, 5.74) is 4.76. The number of hydrogen-bond acceptors (Lipinski definition) is 8. The van der Waals surface area contributed by atoms with Gasteiger partial charge in [-0.2, -0.15) is 0 Å². The summed E-state index contributed by atoms with van der Waals surface area (Å²) in [5.74, 6) is -0.491. The molecule has 0 atom stereocenters. The Balaban J connectivity index is 2.39. The molecule has 2 rings (SSSR count). The van der Waals surface area contributed by atoms with E-state index in [1.165, 1.54) is 23.5 Å². The number of nitrogens with two attached hydrogens (primary N) is 1. The van der Waals surface area contributed by atoms with Crippen LogP contribution in [0.15, 0.2) is 32.3 Å². The Hall–Kier alpha value is -2.02. The highest BCUT2D eigenvalue weighted by atomic mass is 32.2. The number of amides is 1. The topological polar surface area (TPSA) is 145 Å². The number of sulfonamides is 1. The summed E-state index contributed by atoms with van der Waals surface area (Å²) in [7, 11) is -3.91. The van der Waals surface area contributed by atoms with Crippen LogP contribution in [0.25, 0.3) is 0 Å². The Morgan fingerprint density at radius 1 is 1.39 bits per heavy atom. The van der Waals surface area contributed by atoms with Crippen LogP contribution in [-0.2, 0) is 21.2 Å². The number of aryl methyl sites for hydroxylation is 1. The average molecular weight is 445 g/mol. The van der Waals surface area contributed by atoms with Crippen molar-refractivity contribution in [2.75, 3.05) is 0 Å². The van der Waals surface area contributed by atoms with Crippen LogP contribution in [0.3, 0.4) is 0 Å². The first-order valence-corrected chi connectivity index (χ1v) is 11.1. The first kappa shape index (κ1) is 22.3. The summed E-state index contributed by atoms with van der Waals surface area (Å²) in [5, 5.41) is 11.5. The van der Waals surface area contributed by atoms with Crippen LogP contribution in [-0.4, -0.2) is 29.8 Å². The third-order valence-electron chi connectivity index (χ3n) is 3.28. The Morgan fingerprint density at radius 3 is 2.57 bits per heavy atom. The van der Waals surface area contributed by atoms with Crippen molar-refractivity contribution in [3.63, 3.8) is 0 Å². The van der Waals surface area contributed by atoms with Gasteiger partial charge < -0.3 is 5.73 Å². The number of carbonyl (C=O) groups excluding carboxylic acids is 1. The fourth-order valence-corrected chi connectivity index (χ4v) is 5.94. The number of aromatic nitrogens is 1.